The number of hydrogen-bond acceptors (Lipinski definition) is 3. The van der Waals surface area contributed by atoms with E-state index in [-0.39, 0.29) is 29.6 Å². The van der Waals surface area contributed by atoms with Crippen molar-refractivity contribution in [1.82, 2.24) is 0 Å². The van der Waals surface area contributed by atoms with Crippen molar-refractivity contribution in [3.8, 4) is 0 Å². The van der Waals surface area contributed by atoms with Crippen LogP contribution in [0, 0.1) is 4.91 Å². The van der Waals surface area contributed by atoms with Gasteiger partial charge in [-0.25, -0.2) is 0 Å². The average molecular weight is 131 g/mol. The number of carbonyl (C=O) groups is 1. The zero-order valence-corrected chi connectivity index (χ0v) is 3.66. The molecule has 0 amide bonds. The van der Waals surface area contributed by atoms with Crippen molar-refractivity contribution in [3.05, 3.63) is 4.91 Å². The molecule has 0 fully saturated rings. The zero-order valence-electron chi connectivity index (χ0n) is 3.66. The van der Waals surface area contributed by atoms with E-state index >= 15 is 0 Å². The third-order valence-corrected chi connectivity index (χ3v) is 0. The second kappa shape index (κ2) is 15.8. The fourth-order valence-electron chi connectivity index (χ4n) is 0. The van der Waals surface area contributed by atoms with Crippen molar-refractivity contribution in [3.63, 3.8) is 0 Å². The molecule has 0 saturated heterocycles. The molecule has 0 aromatic carbocycles. The third kappa shape index (κ3) is 8240. The van der Waals surface area contributed by atoms with E-state index in [1.54, 1.807) is 0 Å². The summed E-state index contributed by atoms with van der Waals surface area (Å²) in [5.74, 6) is -0.833. The molecule has 0 aliphatic carbocycles. The first-order valence-electron chi connectivity index (χ1n) is 1.31. The van der Waals surface area contributed by atoms with Crippen LogP contribution < -0.4 is 0 Å². The molecular weight excluding hydrogens is 125 g/mol. The molecule has 0 bridgehead atoms. The van der Waals surface area contributed by atoms with Crippen LogP contribution in [-0.2, 0) is 4.79 Å². The van der Waals surface area contributed by atoms with Gasteiger partial charge in [-0.2, -0.15) is 0 Å². The van der Waals surface area contributed by atoms with E-state index in [0.29, 0.717) is 0 Å². The number of hydrogen-bond donors (Lipinski definition) is 2. The topological polar surface area (TPSA) is 87.0 Å². The Morgan fingerprint density at radius 1 is 1.62 bits per heavy atom. The second-order valence-electron chi connectivity index (χ2n) is 0.601. The van der Waals surface area contributed by atoms with E-state index in [1.165, 1.54) is 5.34 Å². The number of rotatable bonds is 0. The normalized spacial score (nSPS) is 4.62. The Bertz CT molecular complexity index is 61.1. The molecule has 0 atom stereocenters. The average Bonchev–Trinajstić information content (AvgIpc) is 1.33. The van der Waals surface area contributed by atoms with Gasteiger partial charge in [0.2, 0.25) is 0 Å². The first-order valence-corrected chi connectivity index (χ1v) is 1.31. The molecule has 0 unspecified atom stereocenters. The molecule has 0 aliphatic heterocycles. The van der Waals surface area contributed by atoms with E-state index in [9.17, 15) is 0 Å². The molecule has 6 heteroatoms. The van der Waals surface area contributed by atoms with Gasteiger partial charge in [-0.3, -0.25) is 4.79 Å². The first kappa shape index (κ1) is 15.7. The fraction of sp³-hybridized carbons (Fsp3) is 0.500. The molecule has 5 nitrogen and oxygen atoms in total. The Kier molecular flexibility index (Phi) is 30.9. The minimum atomic E-state index is -0.833. The van der Waals surface area contributed by atoms with E-state index in [2.05, 4.69) is 0 Å². The molecule has 0 aliphatic rings. The van der Waals surface area contributed by atoms with Gasteiger partial charge in [-0.15, -0.1) is 4.91 Å². The number of nitrogens with zero attached hydrogens (tertiary/aromatic N) is 1. The second-order valence-corrected chi connectivity index (χ2v) is 0.601. The molecule has 2 N–H and O–H groups in total. The quantitative estimate of drug-likeness (QED) is 0.265. The van der Waals surface area contributed by atoms with Crippen molar-refractivity contribution in [2.75, 3.05) is 0 Å². The molecular formula is C2H6NNaO4. The van der Waals surface area contributed by atoms with Crippen molar-refractivity contribution in [1.29, 1.82) is 0 Å². The standard InChI is InChI=1S/C2H4O2.HNO2.Na.H/c1-2(3)4;2-1-3;;/h1H3,(H,3,4);(H,2,3);;. The van der Waals surface area contributed by atoms with Crippen molar-refractivity contribution in [2.24, 2.45) is 5.34 Å². The maximum absolute atomic E-state index is 9.00. The third-order valence-electron chi connectivity index (χ3n) is 0. The SMILES string of the molecule is CC(=O)O.O=NO.[NaH]. The summed E-state index contributed by atoms with van der Waals surface area (Å²) in [6, 6.07) is 0. The number of carboxylic acids is 1. The Hall–Kier alpha value is -0.130. The summed E-state index contributed by atoms with van der Waals surface area (Å²) >= 11 is 0. The van der Waals surface area contributed by atoms with Gasteiger partial charge in [-0.1, -0.05) is 0 Å². The van der Waals surface area contributed by atoms with Gasteiger partial charge < -0.3 is 10.3 Å². The molecule has 0 rings (SSSR count). The van der Waals surface area contributed by atoms with Gasteiger partial charge in [-0.05, 0) is 0 Å². The van der Waals surface area contributed by atoms with Gasteiger partial charge in [0.25, 0.3) is 5.97 Å². The summed E-state index contributed by atoms with van der Waals surface area (Å²) in [7, 11) is 0. The van der Waals surface area contributed by atoms with Crippen LogP contribution in [0.15, 0.2) is 5.34 Å². The molecule has 0 saturated carbocycles. The number of aliphatic carboxylic acids is 1. The van der Waals surface area contributed by atoms with E-state index < -0.39 is 5.97 Å². The van der Waals surface area contributed by atoms with Crippen LogP contribution in [0.3, 0.4) is 0 Å². The van der Waals surface area contributed by atoms with Crippen LogP contribution in [0.4, 0.5) is 0 Å². The van der Waals surface area contributed by atoms with Crippen LogP contribution in [0.2, 0.25) is 0 Å². The molecule has 8 heavy (non-hydrogen) atoms. The van der Waals surface area contributed by atoms with Crippen LogP contribution in [0.5, 0.6) is 0 Å². The zero-order chi connectivity index (χ0) is 6.28. The van der Waals surface area contributed by atoms with Gasteiger partial charge >= 0.3 is 29.6 Å². The Morgan fingerprint density at radius 3 is 1.62 bits per heavy atom. The maximum atomic E-state index is 9.00. The fourth-order valence-corrected chi connectivity index (χ4v) is 0. The Balaban J connectivity index is -0.0000000575. The minimum absolute atomic E-state index is 0. The van der Waals surface area contributed by atoms with Gasteiger partial charge in [0.05, 0.1) is 0 Å². The monoisotopic (exact) mass is 131 g/mol. The van der Waals surface area contributed by atoms with Crippen molar-refractivity contribution >= 4 is 35.5 Å². The van der Waals surface area contributed by atoms with Crippen LogP contribution >= 0.6 is 0 Å². The molecule has 0 heterocycles. The Morgan fingerprint density at radius 2 is 1.62 bits per heavy atom. The number of carboxylic acid groups (broad SMARTS) is 1. The van der Waals surface area contributed by atoms with Gasteiger partial charge in [0.1, 0.15) is 0 Å². The van der Waals surface area contributed by atoms with E-state index in [0.717, 1.165) is 6.92 Å². The molecule has 0 radical (unpaired) electrons. The summed E-state index contributed by atoms with van der Waals surface area (Å²) in [6.45, 7) is 1.08. The first-order chi connectivity index (χ1) is 3.15. The molecule has 0 aromatic rings. The van der Waals surface area contributed by atoms with E-state index in [4.69, 9.17) is 20.0 Å². The Labute approximate surface area is 67.9 Å². The van der Waals surface area contributed by atoms with Crippen molar-refractivity contribution in [2.45, 2.75) is 6.92 Å². The predicted molar refractivity (Wildman–Crippen MR) is 28.0 cm³/mol. The predicted octanol–water partition coefficient (Wildman–Crippen LogP) is -0.416. The molecule has 0 spiro atoms. The summed E-state index contributed by atoms with van der Waals surface area (Å²) in [4.78, 5) is 17.1. The van der Waals surface area contributed by atoms with Crippen LogP contribution in [0.25, 0.3) is 0 Å². The molecule has 0 aromatic heterocycles. The van der Waals surface area contributed by atoms with Gasteiger partial charge in [0, 0.05) is 6.92 Å². The summed E-state index contributed by atoms with van der Waals surface area (Å²) < 4.78 is 0. The summed E-state index contributed by atoms with van der Waals surface area (Å²) in [5, 5.41) is 15.3. The van der Waals surface area contributed by atoms with Crippen LogP contribution in [-0.4, -0.2) is 45.8 Å². The van der Waals surface area contributed by atoms with Crippen molar-refractivity contribution < 1.29 is 15.1 Å². The van der Waals surface area contributed by atoms with E-state index in [1.807, 2.05) is 0 Å². The summed E-state index contributed by atoms with van der Waals surface area (Å²) in [5.41, 5.74) is 0. The molecule has 44 valence electrons. The summed E-state index contributed by atoms with van der Waals surface area (Å²) in [6.07, 6.45) is 0. The van der Waals surface area contributed by atoms with Crippen LogP contribution in [0.1, 0.15) is 6.92 Å². The van der Waals surface area contributed by atoms with Gasteiger partial charge in [0.15, 0.2) is 5.34 Å².